The van der Waals surface area contributed by atoms with E-state index in [4.69, 9.17) is 9.47 Å². The molecule has 1 unspecified atom stereocenters. The smallest absolute Gasteiger partial charge is 0.155 e. The molecule has 0 aromatic heterocycles. The summed E-state index contributed by atoms with van der Waals surface area (Å²) in [5, 5.41) is 0.285. The van der Waals surface area contributed by atoms with Gasteiger partial charge in [-0.2, -0.15) is 11.8 Å². The van der Waals surface area contributed by atoms with Gasteiger partial charge in [-0.05, 0) is 12.7 Å². The van der Waals surface area contributed by atoms with Crippen LogP contribution in [0.4, 0.5) is 0 Å². The van der Waals surface area contributed by atoms with E-state index in [1.165, 1.54) is 0 Å². The minimum Gasteiger partial charge on any atom is -0.458 e. The number of hydrogen-bond acceptors (Lipinski definition) is 3. The van der Waals surface area contributed by atoms with Gasteiger partial charge in [-0.3, -0.25) is 0 Å². The van der Waals surface area contributed by atoms with Crippen LogP contribution in [0.2, 0.25) is 0 Å². The lowest BCUT2D eigenvalue weighted by Gasteiger charge is -2.41. The minimum absolute atomic E-state index is 0.0855. The van der Waals surface area contributed by atoms with Crippen molar-refractivity contribution in [2.45, 2.75) is 81.4 Å². The summed E-state index contributed by atoms with van der Waals surface area (Å²) in [7, 11) is 0. The summed E-state index contributed by atoms with van der Waals surface area (Å²) >= 11 is 1.89. The van der Waals surface area contributed by atoms with E-state index in [1.54, 1.807) is 0 Å². The first-order valence-electron chi connectivity index (χ1n) is 8.66. The van der Waals surface area contributed by atoms with Gasteiger partial charge in [-0.25, -0.2) is 0 Å². The Kier molecular flexibility index (Phi) is 6.00. The lowest BCUT2D eigenvalue weighted by Crippen LogP contribution is -2.32. The molecular formula is C20H36O2S. The fourth-order valence-corrected chi connectivity index (χ4v) is 3.31. The molecular weight excluding hydrogens is 304 g/mol. The van der Waals surface area contributed by atoms with E-state index in [2.05, 4.69) is 76.2 Å². The molecule has 1 rings (SSSR count). The first-order valence-corrected chi connectivity index (χ1v) is 9.71. The van der Waals surface area contributed by atoms with E-state index in [-0.39, 0.29) is 21.5 Å². The van der Waals surface area contributed by atoms with Crippen LogP contribution in [0.3, 0.4) is 0 Å². The molecule has 0 aromatic carbocycles. The Morgan fingerprint density at radius 2 is 1.13 bits per heavy atom. The van der Waals surface area contributed by atoms with Crippen molar-refractivity contribution in [3.8, 4) is 0 Å². The first kappa shape index (κ1) is 20.5. The summed E-state index contributed by atoms with van der Waals surface area (Å²) in [6.07, 6.45) is 0. The average molecular weight is 341 g/mol. The Morgan fingerprint density at radius 3 is 1.48 bits per heavy atom. The van der Waals surface area contributed by atoms with Crippen molar-refractivity contribution in [3.63, 3.8) is 0 Å². The highest BCUT2D eigenvalue weighted by Crippen LogP contribution is 2.48. The normalized spacial score (nSPS) is 18.7. The van der Waals surface area contributed by atoms with Crippen LogP contribution in [0.1, 0.15) is 76.2 Å². The van der Waals surface area contributed by atoms with E-state index in [0.717, 1.165) is 28.8 Å². The summed E-state index contributed by atoms with van der Waals surface area (Å²) in [6, 6.07) is 0. The maximum Gasteiger partial charge on any atom is 0.155 e. The third kappa shape index (κ3) is 4.95. The number of thioether (sulfide) groups is 1. The Morgan fingerprint density at radius 1 is 0.739 bits per heavy atom. The fraction of sp³-hybridized carbons (Fsp3) is 0.800. The average Bonchev–Trinajstić information content (AvgIpc) is 2.34. The van der Waals surface area contributed by atoms with Gasteiger partial charge in [0.1, 0.15) is 17.3 Å². The molecule has 23 heavy (non-hydrogen) atoms. The predicted octanol–water partition coefficient (Wildman–Crippen LogP) is 6.74. The summed E-state index contributed by atoms with van der Waals surface area (Å²) < 4.78 is 13.1. The summed E-state index contributed by atoms with van der Waals surface area (Å²) in [4.78, 5) is 0. The van der Waals surface area contributed by atoms with Crippen LogP contribution in [0.25, 0.3) is 0 Å². The molecule has 0 spiro atoms. The highest BCUT2D eigenvalue weighted by atomic mass is 32.2. The molecule has 0 amide bonds. The molecule has 134 valence electrons. The van der Waals surface area contributed by atoms with Gasteiger partial charge in [-0.1, -0.05) is 69.2 Å². The zero-order valence-electron chi connectivity index (χ0n) is 17.0. The molecule has 0 N–H and O–H groups in total. The van der Waals surface area contributed by atoms with Crippen LogP contribution >= 0.6 is 11.8 Å². The molecule has 0 aliphatic carbocycles. The largest absolute Gasteiger partial charge is 0.458 e. The number of rotatable bonds is 3. The van der Waals surface area contributed by atoms with Gasteiger partial charge in [0.25, 0.3) is 0 Å². The number of ether oxygens (including phenoxy) is 2. The van der Waals surface area contributed by atoms with Gasteiger partial charge in [0.2, 0.25) is 0 Å². The van der Waals surface area contributed by atoms with Gasteiger partial charge in [0, 0.05) is 16.2 Å². The van der Waals surface area contributed by atoms with Crippen molar-refractivity contribution in [2.24, 2.45) is 16.2 Å². The van der Waals surface area contributed by atoms with Gasteiger partial charge in [0.15, 0.2) is 5.76 Å². The molecule has 0 saturated carbocycles. The number of hydrogen-bond donors (Lipinski definition) is 0. The molecule has 2 nitrogen and oxygen atoms in total. The van der Waals surface area contributed by atoms with Crippen molar-refractivity contribution in [3.05, 3.63) is 23.0 Å². The lowest BCUT2D eigenvalue weighted by molar-refractivity contribution is 0.0631. The monoisotopic (exact) mass is 340 g/mol. The van der Waals surface area contributed by atoms with Crippen LogP contribution in [0.15, 0.2) is 23.0 Å². The predicted molar refractivity (Wildman–Crippen MR) is 102 cm³/mol. The topological polar surface area (TPSA) is 18.5 Å². The lowest BCUT2D eigenvalue weighted by atomic mass is 9.83. The molecule has 1 aliphatic rings. The molecule has 0 aromatic rings. The number of allylic oxidation sites excluding steroid dienone is 3. The van der Waals surface area contributed by atoms with Crippen molar-refractivity contribution < 1.29 is 9.47 Å². The minimum atomic E-state index is -0.0915. The zero-order valence-corrected chi connectivity index (χ0v) is 17.8. The van der Waals surface area contributed by atoms with Crippen LogP contribution in [-0.4, -0.2) is 11.0 Å². The van der Waals surface area contributed by atoms with Gasteiger partial charge in [-0.15, -0.1) is 0 Å². The molecule has 1 heterocycles. The van der Waals surface area contributed by atoms with Crippen LogP contribution in [0.5, 0.6) is 0 Å². The zero-order chi connectivity index (χ0) is 18.2. The van der Waals surface area contributed by atoms with Crippen LogP contribution in [0, 0.1) is 16.2 Å². The van der Waals surface area contributed by atoms with Crippen molar-refractivity contribution >= 4 is 11.8 Å². The molecule has 1 aliphatic heterocycles. The third-order valence-corrected chi connectivity index (χ3v) is 4.72. The van der Waals surface area contributed by atoms with Crippen molar-refractivity contribution in [2.75, 3.05) is 5.75 Å². The van der Waals surface area contributed by atoms with E-state index in [1.807, 2.05) is 11.8 Å². The Labute approximate surface area is 148 Å². The SMILES string of the molecule is CCSC(C)C1=C(C(C)(C)C)OC(C(C)(C)C)=C(C(C)(C)C)O1. The highest BCUT2D eigenvalue weighted by molar-refractivity contribution is 8.00. The van der Waals surface area contributed by atoms with Gasteiger partial charge in [0.05, 0.1) is 5.25 Å². The van der Waals surface area contributed by atoms with Crippen LogP contribution < -0.4 is 0 Å². The van der Waals surface area contributed by atoms with Gasteiger partial charge >= 0.3 is 0 Å². The maximum absolute atomic E-state index is 6.56. The Hall–Kier alpha value is -0.570. The second-order valence-electron chi connectivity index (χ2n) is 9.40. The van der Waals surface area contributed by atoms with E-state index in [9.17, 15) is 0 Å². The van der Waals surface area contributed by atoms with Crippen molar-refractivity contribution in [1.29, 1.82) is 0 Å². The summed E-state index contributed by atoms with van der Waals surface area (Å²) in [6.45, 7) is 24.1. The molecule has 0 bridgehead atoms. The van der Waals surface area contributed by atoms with E-state index >= 15 is 0 Å². The molecule has 0 fully saturated rings. The maximum atomic E-state index is 6.56. The Bertz CT molecular complexity index is 493. The van der Waals surface area contributed by atoms with E-state index < -0.39 is 0 Å². The molecule has 0 radical (unpaired) electrons. The second-order valence-corrected chi connectivity index (χ2v) is 11.0. The quantitative estimate of drug-likeness (QED) is 0.567. The fourth-order valence-electron chi connectivity index (χ4n) is 2.50. The molecule has 3 heteroatoms. The third-order valence-electron chi connectivity index (χ3n) is 3.68. The van der Waals surface area contributed by atoms with Crippen LogP contribution in [-0.2, 0) is 9.47 Å². The Balaban J connectivity index is 3.47. The van der Waals surface area contributed by atoms with Crippen molar-refractivity contribution in [1.82, 2.24) is 0 Å². The standard InChI is InChI=1S/C20H36O2S/c1-12-23-13(2)14-15(18(3,4)5)22-17(20(9,10)11)16(21-14)19(6,7)8/h13H,12H2,1-11H3. The molecule has 1 atom stereocenters. The second kappa shape index (κ2) is 6.74. The first-order chi connectivity index (χ1) is 10.2. The summed E-state index contributed by atoms with van der Waals surface area (Å²) in [5.74, 6) is 4.96. The van der Waals surface area contributed by atoms with Gasteiger partial charge < -0.3 is 9.47 Å². The highest BCUT2D eigenvalue weighted by Gasteiger charge is 2.41. The molecule has 0 saturated heterocycles. The van der Waals surface area contributed by atoms with E-state index in [0.29, 0.717) is 0 Å². The summed E-state index contributed by atoms with van der Waals surface area (Å²) in [5.41, 5.74) is -0.266.